The molecule has 1 unspecified atom stereocenters. The van der Waals surface area contributed by atoms with E-state index in [0.717, 1.165) is 49.4 Å². The number of aromatic nitrogens is 5. The number of aryl methyl sites for hydroxylation is 1. The Labute approximate surface area is 169 Å². The molecule has 7 nitrogen and oxygen atoms in total. The van der Waals surface area contributed by atoms with Gasteiger partial charge in [-0.15, -0.1) is 10.2 Å². The van der Waals surface area contributed by atoms with Crippen LogP contribution in [-0.2, 0) is 19.5 Å². The first kappa shape index (κ1) is 19.1. The molecule has 0 saturated carbocycles. The number of hydrogen-bond acceptors (Lipinski definition) is 7. The van der Waals surface area contributed by atoms with E-state index in [1.165, 1.54) is 18.4 Å². The molecule has 0 radical (unpaired) electrons. The van der Waals surface area contributed by atoms with E-state index >= 15 is 0 Å². The highest BCUT2D eigenvalue weighted by Crippen LogP contribution is 2.33. The molecule has 4 rings (SSSR count). The predicted octanol–water partition coefficient (Wildman–Crippen LogP) is 3.72. The lowest BCUT2D eigenvalue weighted by Gasteiger charge is -2.16. The highest BCUT2D eigenvalue weighted by atomic mass is 32.2. The van der Waals surface area contributed by atoms with Gasteiger partial charge in [-0.3, -0.25) is 4.90 Å². The van der Waals surface area contributed by atoms with Gasteiger partial charge in [0.25, 0.3) is 0 Å². The van der Waals surface area contributed by atoms with Gasteiger partial charge in [0.05, 0.1) is 18.3 Å². The van der Waals surface area contributed by atoms with Crippen LogP contribution in [0.3, 0.4) is 0 Å². The van der Waals surface area contributed by atoms with Crippen LogP contribution in [0.15, 0.2) is 40.0 Å². The first-order chi connectivity index (χ1) is 13.7. The topological polar surface area (TPSA) is 72.9 Å². The van der Waals surface area contributed by atoms with Gasteiger partial charge >= 0.3 is 0 Å². The maximum Gasteiger partial charge on any atom is 0.239 e. The van der Waals surface area contributed by atoms with Crippen LogP contribution in [0.1, 0.15) is 55.0 Å². The van der Waals surface area contributed by atoms with Crippen LogP contribution in [-0.4, -0.2) is 42.9 Å². The Balaban J connectivity index is 1.57. The lowest BCUT2D eigenvalue weighted by Crippen LogP contribution is -2.21. The first-order valence-corrected chi connectivity index (χ1v) is 10.8. The number of hydrogen-bond donors (Lipinski definition) is 0. The van der Waals surface area contributed by atoms with Gasteiger partial charge in [-0.1, -0.05) is 54.2 Å². The molecule has 3 heterocycles. The molecule has 8 heteroatoms. The van der Waals surface area contributed by atoms with E-state index in [0.29, 0.717) is 5.89 Å². The SMILES string of the molecule is CCc1noc(C(C)Sc2nnc(CN3CCCC3)n2Cc2ccccc2)n1. The van der Waals surface area contributed by atoms with Gasteiger partial charge in [-0.05, 0) is 38.4 Å². The van der Waals surface area contributed by atoms with Gasteiger partial charge in [-0.2, -0.15) is 4.98 Å². The van der Waals surface area contributed by atoms with Crippen LogP contribution < -0.4 is 0 Å². The molecule has 0 N–H and O–H groups in total. The van der Waals surface area contributed by atoms with E-state index in [1.54, 1.807) is 11.8 Å². The minimum atomic E-state index is 0.0196. The van der Waals surface area contributed by atoms with E-state index in [4.69, 9.17) is 4.52 Å². The minimum absolute atomic E-state index is 0.0196. The lowest BCUT2D eigenvalue weighted by atomic mass is 10.2. The number of rotatable bonds is 8. The second-order valence-corrected chi connectivity index (χ2v) is 8.42. The predicted molar refractivity (Wildman–Crippen MR) is 108 cm³/mol. The smallest absolute Gasteiger partial charge is 0.239 e. The van der Waals surface area contributed by atoms with E-state index in [2.05, 4.69) is 61.0 Å². The Morgan fingerprint density at radius 2 is 1.89 bits per heavy atom. The van der Waals surface area contributed by atoms with Crippen LogP contribution in [0.25, 0.3) is 0 Å². The standard InChI is InChI=1S/C20H26N6OS/c1-3-17-21-19(27-24-17)15(2)28-20-23-22-18(14-25-11-7-8-12-25)26(20)13-16-9-5-4-6-10-16/h4-6,9-10,15H,3,7-8,11-14H2,1-2H3. The Kier molecular flexibility index (Phi) is 6.07. The summed E-state index contributed by atoms with van der Waals surface area (Å²) in [4.78, 5) is 6.92. The van der Waals surface area contributed by atoms with Crippen LogP contribution >= 0.6 is 11.8 Å². The fourth-order valence-electron chi connectivity index (χ4n) is 3.37. The molecular formula is C20H26N6OS. The third kappa shape index (κ3) is 4.44. The van der Waals surface area contributed by atoms with E-state index in [9.17, 15) is 0 Å². The summed E-state index contributed by atoms with van der Waals surface area (Å²) in [6.07, 6.45) is 3.30. The molecule has 2 aromatic heterocycles. The van der Waals surface area contributed by atoms with E-state index < -0.39 is 0 Å². The summed E-state index contributed by atoms with van der Waals surface area (Å²) in [7, 11) is 0. The Morgan fingerprint density at radius 3 is 2.61 bits per heavy atom. The van der Waals surface area contributed by atoms with Crippen molar-refractivity contribution in [1.82, 2.24) is 29.8 Å². The van der Waals surface area contributed by atoms with Gasteiger partial charge in [0.15, 0.2) is 11.0 Å². The van der Waals surface area contributed by atoms with E-state index in [1.807, 2.05) is 13.0 Å². The largest absolute Gasteiger partial charge is 0.338 e. The molecule has 3 aromatic rings. The third-order valence-electron chi connectivity index (χ3n) is 4.97. The molecule has 0 aliphatic carbocycles. The minimum Gasteiger partial charge on any atom is -0.338 e. The maximum absolute atomic E-state index is 5.41. The number of benzene rings is 1. The molecule has 1 aliphatic heterocycles. The molecule has 1 aliphatic rings. The molecule has 0 amide bonds. The summed E-state index contributed by atoms with van der Waals surface area (Å²) in [5.41, 5.74) is 1.24. The second-order valence-electron chi connectivity index (χ2n) is 7.12. The average Bonchev–Trinajstić information content (AvgIpc) is 3.46. The van der Waals surface area contributed by atoms with Crippen molar-refractivity contribution in [3.8, 4) is 0 Å². The number of thioether (sulfide) groups is 1. The summed E-state index contributed by atoms with van der Waals surface area (Å²) >= 11 is 1.62. The zero-order valence-corrected chi connectivity index (χ0v) is 17.2. The monoisotopic (exact) mass is 398 g/mol. The van der Waals surface area contributed by atoms with Gasteiger partial charge < -0.3 is 9.09 Å². The molecule has 1 aromatic carbocycles. The zero-order chi connectivity index (χ0) is 19.3. The summed E-state index contributed by atoms with van der Waals surface area (Å²) in [5, 5.41) is 14.0. The average molecular weight is 399 g/mol. The number of nitrogens with zero attached hydrogens (tertiary/aromatic N) is 6. The second kappa shape index (κ2) is 8.87. The molecule has 1 saturated heterocycles. The molecule has 0 bridgehead atoms. The molecule has 1 atom stereocenters. The van der Waals surface area contributed by atoms with Crippen molar-refractivity contribution >= 4 is 11.8 Å². The fourth-order valence-corrected chi connectivity index (χ4v) is 4.27. The van der Waals surface area contributed by atoms with Gasteiger partial charge in [-0.25, -0.2) is 0 Å². The van der Waals surface area contributed by atoms with Crippen LogP contribution in [0.4, 0.5) is 0 Å². The normalized spacial score (nSPS) is 15.9. The van der Waals surface area contributed by atoms with Crippen molar-refractivity contribution in [3.05, 3.63) is 53.4 Å². The summed E-state index contributed by atoms with van der Waals surface area (Å²) in [5.74, 6) is 2.39. The summed E-state index contributed by atoms with van der Waals surface area (Å²) in [6.45, 7) is 7.97. The Bertz CT molecular complexity index is 887. The number of likely N-dealkylation sites (tertiary alicyclic amines) is 1. The fraction of sp³-hybridized carbons (Fsp3) is 0.500. The molecule has 148 valence electrons. The zero-order valence-electron chi connectivity index (χ0n) is 16.4. The molecule has 1 fully saturated rings. The summed E-state index contributed by atoms with van der Waals surface area (Å²) in [6, 6.07) is 10.5. The highest BCUT2D eigenvalue weighted by molar-refractivity contribution is 7.99. The van der Waals surface area contributed by atoms with Crippen molar-refractivity contribution in [3.63, 3.8) is 0 Å². The van der Waals surface area contributed by atoms with Gasteiger partial charge in [0.1, 0.15) is 5.82 Å². The Morgan fingerprint density at radius 1 is 1.11 bits per heavy atom. The van der Waals surface area contributed by atoms with Crippen molar-refractivity contribution < 1.29 is 4.52 Å². The van der Waals surface area contributed by atoms with E-state index in [-0.39, 0.29) is 5.25 Å². The van der Waals surface area contributed by atoms with Crippen molar-refractivity contribution in [2.45, 2.75) is 56.6 Å². The molecular weight excluding hydrogens is 372 g/mol. The van der Waals surface area contributed by atoms with Crippen molar-refractivity contribution in [2.24, 2.45) is 0 Å². The third-order valence-corrected chi connectivity index (χ3v) is 6.04. The molecule has 28 heavy (non-hydrogen) atoms. The lowest BCUT2D eigenvalue weighted by molar-refractivity contribution is 0.316. The van der Waals surface area contributed by atoms with Crippen molar-refractivity contribution in [2.75, 3.05) is 13.1 Å². The van der Waals surface area contributed by atoms with Crippen LogP contribution in [0.5, 0.6) is 0 Å². The van der Waals surface area contributed by atoms with Gasteiger partial charge in [0.2, 0.25) is 5.89 Å². The first-order valence-electron chi connectivity index (χ1n) is 9.90. The van der Waals surface area contributed by atoms with Crippen LogP contribution in [0, 0.1) is 0 Å². The highest BCUT2D eigenvalue weighted by Gasteiger charge is 2.22. The summed E-state index contributed by atoms with van der Waals surface area (Å²) < 4.78 is 7.64. The maximum atomic E-state index is 5.41. The quantitative estimate of drug-likeness (QED) is 0.535. The van der Waals surface area contributed by atoms with Gasteiger partial charge in [0, 0.05) is 6.42 Å². The van der Waals surface area contributed by atoms with Crippen LogP contribution in [0.2, 0.25) is 0 Å². The van der Waals surface area contributed by atoms with Crippen molar-refractivity contribution in [1.29, 1.82) is 0 Å². The molecule has 0 spiro atoms. The Hall–Kier alpha value is -2.19.